The van der Waals surface area contributed by atoms with Crippen LogP contribution < -0.4 is 15.2 Å². The maximum absolute atomic E-state index is 8.70. The molecule has 0 atom stereocenters. The van der Waals surface area contributed by atoms with E-state index in [1.807, 2.05) is 30.3 Å². The van der Waals surface area contributed by atoms with E-state index in [1.165, 1.54) is 6.20 Å². The van der Waals surface area contributed by atoms with Gasteiger partial charge in [-0.05, 0) is 18.2 Å². The highest BCUT2D eigenvalue weighted by molar-refractivity contribution is 5.99. The number of rotatable bonds is 6. The molecular formula is C14H15N3O3. The van der Waals surface area contributed by atoms with E-state index >= 15 is 0 Å². The summed E-state index contributed by atoms with van der Waals surface area (Å²) in [5, 5.41) is 11.6. The third-order valence-electron chi connectivity index (χ3n) is 2.52. The van der Waals surface area contributed by atoms with E-state index in [0.717, 1.165) is 5.75 Å². The molecule has 0 aliphatic carbocycles. The molecule has 0 saturated carbocycles. The highest BCUT2D eigenvalue weighted by Crippen LogP contribution is 2.16. The van der Waals surface area contributed by atoms with E-state index in [4.69, 9.17) is 20.4 Å². The molecule has 0 amide bonds. The van der Waals surface area contributed by atoms with Gasteiger partial charge in [-0.1, -0.05) is 23.4 Å². The third-order valence-corrected chi connectivity index (χ3v) is 2.52. The minimum absolute atomic E-state index is 0.0219. The Hall–Kier alpha value is -2.76. The van der Waals surface area contributed by atoms with Gasteiger partial charge in [0.1, 0.15) is 24.7 Å². The zero-order valence-corrected chi connectivity index (χ0v) is 10.8. The first-order chi connectivity index (χ1) is 9.81. The van der Waals surface area contributed by atoms with Gasteiger partial charge in [0.25, 0.3) is 0 Å². The van der Waals surface area contributed by atoms with Gasteiger partial charge in [-0.3, -0.25) is 4.98 Å². The summed E-state index contributed by atoms with van der Waals surface area (Å²) in [5.74, 6) is 1.20. The molecule has 6 heteroatoms. The van der Waals surface area contributed by atoms with Gasteiger partial charge >= 0.3 is 0 Å². The van der Waals surface area contributed by atoms with Gasteiger partial charge in [0, 0.05) is 6.20 Å². The van der Waals surface area contributed by atoms with Crippen molar-refractivity contribution in [2.75, 3.05) is 13.2 Å². The second kappa shape index (κ2) is 6.98. The van der Waals surface area contributed by atoms with Gasteiger partial charge in [-0.25, -0.2) is 0 Å². The van der Waals surface area contributed by atoms with Crippen molar-refractivity contribution >= 4 is 5.84 Å². The predicted octanol–water partition coefficient (Wildman–Crippen LogP) is 1.63. The normalized spacial score (nSPS) is 11.1. The van der Waals surface area contributed by atoms with E-state index in [-0.39, 0.29) is 5.84 Å². The van der Waals surface area contributed by atoms with Crippen molar-refractivity contribution in [1.82, 2.24) is 4.98 Å². The first kappa shape index (κ1) is 13.7. The molecule has 0 radical (unpaired) electrons. The maximum atomic E-state index is 8.70. The van der Waals surface area contributed by atoms with Crippen molar-refractivity contribution in [2.24, 2.45) is 10.9 Å². The second-order valence-corrected chi connectivity index (χ2v) is 3.87. The van der Waals surface area contributed by atoms with Crippen molar-refractivity contribution in [1.29, 1.82) is 0 Å². The summed E-state index contributed by atoms with van der Waals surface area (Å²) in [6.45, 7) is 0.709. The number of oxime groups is 1. The Kier molecular flexibility index (Phi) is 4.77. The van der Waals surface area contributed by atoms with Gasteiger partial charge in [0.15, 0.2) is 5.84 Å². The number of pyridine rings is 1. The van der Waals surface area contributed by atoms with E-state index in [1.54, 1.807) is 12.3 Å². The van der Waals surface area contributed by atoms with Crippen molar-refractivity contribution in [3.05, 3.63) is 54.4 Å². The van der Waals surface area contributed by atoms with Crippen LogP contribution in [0.5, 0.6) is 11.5 Å². The highest BCUT2D eigenvalue weighted by Gasteiger charge is 2.07. The Morgan fingerprint density at radius 1 is 1.15 bits per heavy atom. The van der Waals surface area contributed by atoms with E-state index in [2.05, 4.69) is 10.1 Å². The Bertz CT molecular complexity index is 573. The quantitative estimate of drug-likeness (QED) is 0.274. The molecule has 104 valence electrons. The average molecular weight is 273 g/mol. The van der Waals surface area contributed by atoms with Gasteiger partial charge in [-0.15, -0.1) is 0 Å². The van der Waals surface area contributed by atoms with Crippen LogP contribution in [-0.4, -0.2) is 29.2 Å². The lowest BCUT2D eigenvalue weighted by molar-refractivity contribution is 0.216. The fraction of sp³-hybridized carbons (Fsp3) is 0.143. The molecule has 0 unspecified atom stereocenters. The molecule has 2 aromatic rings. The molecule has 2 rings (SSSR count). The zero-order valence-electron chi connectivity index (χ0n) is 10.8. The third kappa shape index (κ3) is 3.61. The summed E-state index contributed by atoms with van der Waals surface area (Å²) in [6.07, 6.45) is 3.05. The first-order valence-corrected chi connectivity index (χ1v) is 6.04. The number of amidine groups is 1. The summed E-state index contributed by atoms with van der Waals surface area (Å²) < 4.78 is 11.0. The molecular weight excluding hydrogens is 258 g/mol. The Balaban J connectivity index is 1.88. The molecule has 1 aromatic heterocycles. The molecule has 0 saturated heterocycles. The fourth-order valence-corrected chi connectivity index (χ4v) is 1.59. The summed E-state index contributed by atoms with van der Waals surface area (Å²) in [4.78, 5) is 3.94. The van der Waals surface area contributed by atoms with Gasteiger partial charge < -0.3 is 20.4 Å². The Morgan fingerprint density at radius 2 is 1.90 bits per heavy atom. The summed E-state index contributed by atoms with van der Waals surface area (Å²) in [6, 6.07) is 11.1. The van der Waals surface area contributed by atoms with Gasteiger partial charge in [0.05, 0.1) is 11.8 Å². The highest BCUT2D eigenvalue weighted by atomic mass is 16.5. The fourth-order valence-electron chi connectivity index (χ4n) is 1.59. The van der Waals surface area contributed by atoms with E-state index < -0.39 is 0 Å². The second-order valence-electron chi connectivity index (χ2n) is 3.87. The van der Waals surface area contributed by atoms with Crippen LogP contribution in [0.2, 0.25) is 0 Å². The van der Waals surface area contributed by atoms with Crippen LogP contribution in [0.1, 0.15) is 5.56 Å². The molecule has 1 aromatic carbocycles. The molecule has 0 bridgehead atoms. The van der Waals surface area contributed by atoms with E-state index in [9.17, 15) is 0 Å². The Morgan fingerprint density at radius 3 is 2.65 bits per heavy atom. The lowest BCUT2D eigenvalue weighted by Crippen LogP contribution is -2.16. The molecule has 1 heterocycles. The largest absolute Gasteiger partial charge is 0.490 e. The van der Waals surface area contributed by atoms with Crippen molar-refractivity contribution in [2.45, 2.75) is 0 Å². The topological polar surface area (TPSA) is 90.0 Å². The van der Waals surface area contributed by atoms with Crippen LogP contribution in [0.25, 0.3) is 0 Å². The molecule has 20 heavy (non-hydrogen) atoms. The number of aromatic nitrogens is 1. The smallest absolute Gasteiger partial charge is 0.173 e. The van der Waals surface area contributed by atoms with Crippen LogP contribution in [0.3, 0.4) is 0 Å². The predicted molar refractivity (Wildman–Crippen MR) is 74.2 cm³/mol. The first-order valence-electron chi connectivity index (χ1n) is 6.04. The Labute approximate surface area is 116 Å². The summed E-state index contributed by atoms with van der Waals surface area (Å²) in [5.41, 5.74) is 6.04. The van der Waals surface area contributed by atoms with Gasteiger partial charge in [-0.2, -0.15) is 0 Å². The molecule has 0 aliphatic heterocycles. The van der Waals surface area contributed by atoms with Crippen LogP contribution in [0.4, 0.5) is 0 Å². The molecule has 0 fully saturated rings. The molecule has 0 spiro atoms. The standard InChI is InChI=1S/C14H15N3O3/c15-14(17-18)12-6-7-16-10-13(12)20-9-8-19-11-4-2-1-3-5-11/h1-7,10,18H,8-9H2,(H2,15,17). The zero-order chi connectivity index (χ0) is 14.2. The average Bonchev–Trinajstić information content (AvgIpc) is 2.52. The minimum Gasteiger partial charge on any atom is -0.490 e. The van der Waals surface area contributed by atoms with Gasteiger partial charge in [0.2, 0.25) is 0 Å². The van der Waals surface area contributed by atoms with Crippen LogP contribution in [0, 0.1) is 0 Å². The number of ether oxygens (including phenoxy) is 2. The number of hydrogen-bond donors (Lipinski definition) is 2. The SMILES string of the molecule is N/C(=N/O)c1ccncc1OCCOc1ccccc1. The van der Waals surface area contributed by atoms with Crippen LogP contribution >= 0.6 is 0 Å². The van der Waals surface area contributed by atoms with Crippen molar-refractivity contribution in [3.63, 3.8) is 0 Å². The minimum atomic E-state index is -0.0219. The summed E-state index contributed by atoms with van der Waals surface area (Å²) >= 11 is 0. The van der Waals surface area contributed by atoms with Crippen LogP contribution in [-0.2, 0) is 0 Å². The van der Waals surface area contributed by atoms with Crippen molar-refractivity contribution in [3.8, 4) is 11.5 Å². The van der Waals surface area contributed by atoms with E-state index in [0.29, 0.717) is 24.5 Å². The number of nitrogens with zero attached hydrogens (tertiary/aromatic N) is 2. The number of hydrogen-bond acceptors (Lipinski definition) is 5. The molecule has 6 nitrogen and oxygen atoms in total. The lowest BCUT2D eigenvalue weighted by Gasteiger charge is -2.10. The summed E-state index contributed by atoms with van der Waals surface area (Å²) in [7, 11) is 0. The molecule has 0 aliphatic rings. The number of nitrogens with two attached hydrogens (primary N) is 1. The monoisotopic (exact) mass is 273 g/mol. The number of benzene rings is 1. The van der Waals surface area contributed by atoms with Crippen LogP contribution in [0.15, 0.2) is 53.9 Å². The number of para-hydroxylation sites is 1. The van der Waals surface area contributed by atoms with Crippen molar-refractivity contribution < 1.29 is 14.7 Å². The lowest BCUT2D eigenvalue weighted by atomic mass is 10.2. The maximum Gasteiger partial charge on any atom is 0.173 e. The molecule has 3 N–H and O–H groups in total.